The average molecular weight is 275 g/mol. The third-order valence-corrected chi connectivity index (χ3v) is 5.53. The lowest BCUT2D eigenvalue weighted by molar-refractivity contribution is 0.0914. The van der Waals surface area contributed by atoms with Gasteiger partial charge in [-0.15, -0.1) is 0 Å². The average Bonchev–Trinajstić information content (AvgIpc) is 3.05. The van der Waals surface area contributed by atoms with Crippen molar-refractivity contribution >= 4 is 5.91 Å². The molecule has 1 amide bonds. The summed E-state index contributed by atoms with van der Waals surface area (Å²) >= 11 is 0. The minimum atomic E-state index is 0.0448. The van der Waals surface area contributed by atoms with Crippen molar-refractivity contribution in [2.24, 2.45) is 24.8 Å². The maximum atomic E-state index is 12.5. The summed E-state index contributed by atoms with van der Waals surface area (Å²) in [5.74, 6) is 2.48. The van der Waals surface area contributed by atoms with Crippen molar-refractivity contribution in [3.05, 3.63) is 17.0 Å². The first-order valence-electron chi connectivity index (χ1n) is 7.78. The number of fused-ring (bicyclic) bond motifs is 2. The van der Waals surface area contributed by atoms with E-state index in [1.807, 2.05) is 20.9 Å². The zero-order valence-electron chi connectivity index (χ0n) is 12.9. The van der Waals surface area contributed by atoms with Crippen LogP contribution in [0.1, 0.15) is 54.4 Å². The Bertz CT molecular complexity index is 534. The summed E-state index contributed by atoms with van der Waals surface area (Å²) in [4.78, 5) is 12.5. The quantitative estimate of drug-likeness (QED) is 0.921. The molecule has 2 aliphatic rings. The lowest BCUT2D eigenvalue weighted by Gasteiger charge is -2.28. The summed E-state index contributed by atoms with van der Waals surface area (Å²) in [6.07, 6.45) is 5.45. The van der Waals surface area contributed by atoms with E-state index in [0.717, 1.165) is 28.8 Å². The van der Waals surface area contributed by atoms with Crippen LogP contribution in [0.15, 0.2) is 0 Å². The maximum Gasteiger partial charge on any atom is 0.255 e. The Hall–Kier alpha value is -1.32. The monoisotopic (exact) mass is 275 g/mol. The highest BCUT2D eigenvalue weighted by Gasteiger charge is 2.42. The summed E-state index contributed by atoms with van der Waals surface area (Å²) in [7, 11) is 1.89. The van der Waals surface area contributed by atoms with Crippen molar-refractivity contribution in [2.75, 3.05) is 0 Å². The molecule has 0 saturated heterocycles. The molecule has 20 heavy (non-hydrogen) atoms. The van der Waals surface area contributed by atoms with Crippen molar-refractivity contribution in [2.45, 2.75) is 52.5 Å². The molecule has 2 aliphatic carbocycles. The molecular formula is C16H25N3O. The van der Waals surface area contributed by atoms with Gasteiger partial charge in [-0.05, 0) is 57.8 Å². The van der Waals surface area contributed by atoms with Crippen molar-refractivity contribution in [3.8, 4) is 0 Å². The molecule has 0 aromatic carbocycles. The van der Waals surface area contributed by atoms with Gasteiger partial charge < -0.3 is 5.32 Å². The number of nitrogens with one attached hydrogen (secondary N) is 1. The topological polar surface area (TPSA) is 46.9 Å². The van der Waals surface area contributed by atoms with E-state index in [-0.39, 0.29) is 11.9 Å². The molecule has 0 spiro atoms. The fourth-order valence-electron chi connectivity index (χ4n) is 4.39. The minimum absolute atomic E-state index is 0.0448. The van der Waals surface area contributed by atoms with Crippen molar-refractivity contribution in [3.63, 3.8) is 0 Å². The molecule has 2 fully saturated rings. The summed E-state index contributed by atoms with van der Waals surface area (Å²) in [6, 6.07) is 0.275. The van der Waals surface area contributed by atoms with E-state index in [1.54, 1.807) is 4.68 Å². The maximum absolute atomic E-state index is 12.5. The second kappa shape index (κ2) is 4.90. The SMILES string of the molecule is Cc1nn(C)c(C)c1C(=O)N[C@H](C)[C@@H]1C[C@@H]2CC[C@@H]1C2. The largest absolute Gasteiger partial charge is 0.349 e. The molecule has 4 heteroatoms. The van der Waals surface area contributed by atoms with Crippen LogP contribution in [0.2, 0.25) is 0 Å². The molecule has 0 radical (unpaired) electrons. The van der Waals surface area contributed by atoms with Crippen LogP contribution >= 0.6 is 0 Å². The van der Waals surface area contributed by atoms with Gasteiger partial charge in [-0.25, -0.2) is 0 Å². The number of hydrogen-bond acceptors (Lipinski definition) is 2. The number of aryl methyl sites for hydroxylation is 2. The van der Waals surface area contributed by atoms with E-state index in [1.165, 1.54) is 25.7 Å². The van der Waals surface area contributed by atoms with Gasteiger partial charge in [0.25, 0.3) is 5.91 Å². The van der Waals surface area contributed by atoms with E-state index in [2.05, 4.69) is 17.3 Å². The Morgan fingerprint density at radius 1 is 1.35 bits per heavy atom. The lowest BCUT2D eigenvalue weighted by Crippen LogP contribution is -2.40. The Morgan fingerprint density at radius 3 is 2.60 bits per heavy atom. The predicted octanol–water partition coefficient (Wildman–Crippen LogP) is 2.59. The van der Waals surface area contributed by atoms with Crippen molar-refractivity contribution < 1.29 is 4.79 Å². The van der Waals surface area contributed by atoms with Gasteiger partial charge in [-0.3, -0.25) is 9.48 Å². The van der Waals surface area contributed by atoms with Gasteiger partial charge in [0.2, 0.25) is 0 Å². The molecule has 2 saturated carbocycles. The molecule has 1 N–H and O–H groups in total. The Balaban J connectivity index is 1.69. The lowest BCUT2D eigenvalue weighted by atomic mass is 9.84. The van der Waals surface area contributed by atoms with Crippen LogP contribution in [-0.2, 0) is 7.05 Å². The second-order valence-corrected chi connectivity index (χ2v) is 6.77. The number of rotatable bonds is 3. The van der Waals surface area contributed by atoms with Gasteiger partial charge in [0, 0.05) is 18.8 Å². The van der Waals surface area contributed by atoms with Gasteiger partial charge in [-0.2, -0.15) is 5.10 Å². The minimum Gasteiger partial charge on any atom is -0.349 e. The third kappa shape index (κ3) is 2.15. The normalized spacial score (nSPS) is 29.7. The van der Waals surface area contributed by atoms with Crippen LogP contribution in [0.25, 0.3) is 0 Å². The summed E-state index contributed by atoms with van der Waals surface area (Å²) in [5.41, 5.74) is 2.52. The Labute approximate surface area is 120 Å². The molecule has 110 valence electrons. The highest BCUT2D eigenvalue weighted by Crippen LogP contribution is 2.49. The van der Waals surface area contributed by atoms with Gasteiger partial charge in [-0.1, -0.05) is 6.42 Å². The smallest absolute Gasteiger partial charge is 0.255 e. The standard InChI is InChI=1S/C16H25N3O/c1-9(14-8-12-5-6-13(14)7-12)17-16(20)15-10(2)18-19(4)11(15)3/h9,12-14H,5-8H2,1-4H3,(H,17,20)/t9-,12-,13-,14+/m1/s1. The van der Waals surface area contributed by atoms with E-state index >= 15 is 0 Å². The number of hydrogen-bond donors (Lipinski definition) is 1. The highest BCUT2D eigenvalue weighted by atomic mass is 16.1. The molecular weight excluding hydrogens is 250 g/mol. The number of aromatic nitrogens is 2. The summed E-state index contributed by atoms with van der Waals surface area (Å²) in [6.45, 7) is 6.03. The number of nitrogens with zero attached hydrogens (tertiary/aromatic N) is 2. The summed E-state index contributed by atoms with van der Waals surface area (Å²) < 4.78 is 1.78. The fraction of sp³-hybridized carbons (Fsp3) is 0.750. The third-order valence-electron chi connectivity index (χ3n) is 5.53. The molecule has 1 heterocycles. The first-order valence-corrected chi connectivity index (χ1v) is 7.78. The number of carbonyl (C=O) groups is 1. The first-order chi connectivity index (χ1) is 9.47. The zero-order valence-corrected chi connectivity index (χ0v) is 12.9. The van der Waals surface area contributed by atoms with E-state index in [9.17, 15) is 4.79 Å². The van der Waals surface area contributed by atoms with E-state index in [4.69, 9.17) is 0 Å². The van der Waals surface area contributed by atoms with Crippen LogP contribution < -0.4 is 5.32 Å². The molecule has 0 aliphatic heterocycles. The zero-order chi connectivity index (χ0) is 14.4. The summed E-state index contributed by atoms with van der Waals surface area (Å²) in [5, 5.41) is 7.56. The van der Waals surface area contributed by atoms with Crippen LogP contribution in [0.3, 0.4) is 0 Å². The Kier molecular flexibility index (Phi) is 3.35. The molecule has 2 bridgehead atoms. The molecule has 4 atom stereocenters. The Morgan fingerprint density at radius 2 is 2.10 bits per heavy atom. The highest BCUT2D eigenvalue weighted by molar-refractivity contribution is 5.96. The first kappa shape index (κ1) is 13.7. The molecule has 3 rings (SSSR count). The van der Waals surface area contributed by atoms with Crippen LogP contribution in [0, 0.1) is 31.6 Å². The molecule has 1 aromatic heterocycles. The van der Waals surface area contributed by atoms with Gasteiger partial charge in [0.15, 0.2) is 0 Å². The van der Waals surface area contributed by atoms with Gasteiger partial charge >= 0.3 is 0 Å². The van der Waals surface area contributed by atoms with Crippen LogP contribution in [0.5, 0.6) is 0 Å². The fourth-order valence-corrected chi connectivity index (χ4v) is 4.39. The predicted molar refractivity (Wildman–Crippen MR) is 78.5 cm³/mol. The van der Waals surface area contributed by atoms with E-state index < -0.39 is 0 Å². The molecule has 4 nitrogen and oxygen atoms in total. The van der Waals surface area contributed by atoms with Crippen molar-refractivity contribution in [1.29, 1.82) is 0 Å². The number of amides is 1. The van der Waals surface area contributed by atoms with Crippen LogP contribution in [0.4, 0.5) is 0 Å². The second-order valence-electron chi connectivity index (χ2n) is 6.77. The van der Waals surface area contributed by atoms with E-state index in [0.29, 0.717) is 5.92 Å². The van der Waals surface area contributed by atoms with Crippen LogP contribution in [-0.4, -0.2) is 21.7 Å². The van der Waals surface area contributed by atoms with Gasteiger partial charge in [0.05, 0.1) is 11.3 Å². The van der Waals surface area contributed by atoms with Gasteiger partial charge in [0.1, 0.15) is 0 Å². The molecule has 0 unspecified atom stereocenters. The molecule has 1 aromatic rings. The number of carbonyl (C=O) groups excluding carboxylic acids is 1. The van der Waals surface area contributed by atoms with Crippen molar-refractivity contribution in [1.82, 2.24) is 15.1 Å².